The number of nitrogens with zero attached hydrogens (tertiary/aromatic N) is 2. The highest BCUT2D eigenvalue weighted by molar-refractivity contribution is 6.72. The van der Waals surface area contributed by atoms with Crippen molar-refractivity contribution < 1.29 is 23.5 Å². The fraction of sp³-hybridized carbons (Fsp3) is 0.462. The first-order chi connectivity index (χ1) is 16.7. The van der Waals surface area contributed by atoms with Crippen LogP contribution >= 0.6 is 0 Å². The lowest BCUT2D eigenvalue weighted by Gasteiger charge is -2.32. The molecule has 3 aliphatic heterocycles. The molecule has 2 fully saturated rings. The van der Waals surface area contributed by atoms with Gasteiger partial charge in [0.2, 0.25) is 14.3 Å². The summed E-state index contributed by atoms with van der Waals surface area (Å²) in [6.45, 7) is 6.50. The van der Waals surface area contributed by atoms with Crippen LogP contribution < -0.4 is 15.1 Å². The first-order valence-electron chi connectivity index (χ1n) is 12.2. The van der Waals surface area contributed by atoms with Crippen molar-refractivity contribution >= 4 is 37.3 Å². The number of ether oxygens (including phenoxy) is 1. The normalized spacial score (nSPS) is 28.8. The number of fused-ring (bicyclic) bond motifs is 2. The maximum Gasteiger partial charge on any atom is 0.268 e. The van der Waals surface area contributed by atoms with Crippen LogP contribution in [-0.4, -0.2) is 57.7 Å². The van der Waals surface area contributed by atoms with E-state index in [-0.39, 0.29) is 31.4 Å². The van der Waals surface area contributed by atoms with Gasteiger partial charge in [0.15, 0.2) is 5.60 Å². The van der Waals surface area contributed by atoms with E-state index < -0.39 is 31.6 Å². The van der Waals surface area contributed by atoms with Crippen LogP contribution in [0.2, 0.25) is 18.6 Å². The molecule has 2 N–H and O–H groups in total. The molecule has 0 radical (unpaired) electrons. The van der Waals surface area contributed by atoms with E-state index in [2.05, 4.69) is 5.32 Å². The molecule has 7 nitrogen and oxygen atoms in total. The third-order valence-electron chi connectivity index (χ3n) is 7.68. The number of carbonyl (C=O) groups excluding carboxylic acids is 2. The Balaban J connectivity index is 1.69. The standard InChI is InChI=1S/C26H32FN3O4Si/c1-17-24(35(2,3)27)22(11-14-31)34-26(17)20-15-19(29-13-12-28-16-23(29)32)9-10-21(20)30(25(26)33)18-7-5-4-6-8-18/h4-10,15,17,22,24,28,31H,11-14,16H2,1-3H3/t17-,22+,24-,26+/m1/s1. The van der Waals surface area contributed by atoms with Crippen molar-refractivity contribution in [2.75, 3.05) is 36.0 Å². The molecule has 186 valence electrons. The van der Waals surface area contributed by atoms with Gasteiger partial charge < -0.3 is 24.2 Å². The molecule has 0 aromatic heterocycles. The predicted molar refractivity (Wildman–Crippen MR) is 135 cm³/mol. The summed E-state index contributed by atoms with van der Waals surface area (Å²) in [5, 5.41) is 12.8. The minimum absolute atomic E-state index is 0.0387. The number of halogens is 1. The van der Waals surface area contributed by atoms with Crippen LogP contribution in [0.5, 0.6) is 0 Å². The topological polar surface area (TPSA) is 82.1 Å². The molecule has 4 atom stereocenters. The quantitative estimate of drug-likeness (QED) is 0.489. The molecule has 5 rings (SSSR count). The highest BCUT2D eigenvalue weighted by atomic mass is 28.4. The third-order valence-corrected chi connectivity index (χ3v) is 10.1. The first kappa shape index (κ1) is 24.1. The van der Waals surface area contributed by atoms with Gasteiger partial charge in [0.25, 0.3) is 5.91 Å². The van der Waals surface area contributed by atoms with Gasteiger partial charge in [-0.15, -0.1) is 0 Å². The fourth-order valence-electron chi connectivity index (χ4n) is 6.24. The Hall–Kier alpha value is -2.59. The van der Waals surface area contributed by atoms with Crippen LogP contribution in [0.1, 0.15) is 18.9 Å². The number of hydrogen-bond donors (Lipinski definition) is 2. The zero-order valence-corrected chi connectivity index (χ0v) is 21.3. The second-order valence-electron chi connectivity index (χ2n) is 10.2. The van der Waals surface area contributed by atoms with Crippen LogP contribution in [0.3, 0.4) is 0 Å². The molecule has 0 unspecified atom stereocenters. The number of rotatable bonds is 5. The van der Waals surface area contributed by atoms with Crippen LogP contribution in [0.25, 0.3) is 0 Å². The van der Waals surface area contributed by atoms with E-state index in [1.807, 2.05) is 55.5 Å². The molecule has 0 saturated carbocycles. The molecule has 2 amide bonds. The average molecular weight is 498 g/mol. The lowest BCUT2D eigenvalue weighted by Crippen LogP contribution is -2.48. The fourth-order valence-corrected chi connectivity index (χ4v) is 8.78. The Morgan fingerprint density at radius 1 is 1.17 bits per heavy atom. The molecule has 2 saturated heterocycles. The summed E-state index contributed by atoms with van der Waals surface area (Å²) < 4.78 is 22.3. The summed E-state index contributed by atoms with van der Waals surface area (Å²) in [4.78, 5) is 30.3. The van der Waals surface area contributed by atoms with E-state index >= 15 is 4.11 Å². The van der Waals surface area contributed by atoms with Gasteiger partial charge in [-0.05, 0) is 49.8 Å². The van der Waals surface area contributed by atoms with Gasteiger partial charge in [0, 0.05) is 48.1 Å². The Morgan fingerprint density at radius 2 is 1.91 bits per heavy atom. The maximum absolute atomic E-state index is 15.7. The molecular weight excluding hydrogens is 465 g/mol. The van der Waals surface area contributed by atoms with Crippen molar-refractivity contribution in [2.45, 2.75) is 43.7 Å². The van der Waals surface area contributed by atoms with Gasteiger partial charge in [-0.2, -0.15) is 0 Å². The molecule has 9 heteroatoms. The largest absolute Gasteiger partial charge is 0.396 e. The number of aliphatic hydroxyl groups excluding tert-OH is 1. The highest BCUT2D eigenvalue weighted by Crippen LogP contribution is 2.61. The van der Waals surface area contributed by atoms with Crippen molar-refractivity contribution in [2.24, 2.45) is 5.92 Å². The van der Waals surface area contributed by atoms with Crippen molar-refractivity contribution in [1.29, 1.82) is 0 Å². The van der Waals surface area contributed by atoms with Gasteiger partial charge in [-0.1, -0.05) is 25.1 Å². The Labute approximate surface area is 206 Å². The number of para-hydroxylation sites is 1. The molecule has 3 heterocycles. The average Bonchev–Trinajstić information content (AvgIpc) is 3.26. The molecule has 0 aliphatic carbocycles. The van der Waals surface area contributed by atoms with Gasteiger partial charge in [0.05, 0.1) is 18.3 Å². The van der Waals surface area contributed by atoms with Crippen LogP contribution in [-0.2, 0) is 19.9 Å². The van der Waals surface area contributed by atoms with E-state index in [4.69, 9.17) is 4.74 Å². The van der Waals surface area contributed by atoms with Crippen LogP contribution in [0.4, 0.5) is 21.2 Å². The number of carbonyl (C=O) groups is 2. The summed E-state index contributed by atoms with van der Waals surface area (Å²) in [6, 6.07) is 15.0. The lowest BCUT2D eigenvalue weighted by molar-refractivity contribution is -0.145. The van der Waals surface area contributed by atoms with Crippen LogP contribution in [0.15, 0.2) is 48.5 Å². The van der Waals surface area contributed by atoms with E-state index in [9.17, 15) is 14.7 Å². The van der Waals surface area contributed by atoms with E-state index in [1.165, 1.54) is 0 Å². The zero-order chi connectivity index (χ0) is 25.0. The summed E-state index contributed by atoms with van der Waals surface area (Å²) >= 11 is 0. The maximum atomic E-state index is 15.7. The second kappa shape index (κ2) is 8.81. The Kier molecular flexibility index (Phi) is 6.07. The Morgan fingerprint density at radius 3 is 2.57 bits per heavy atom. The molecular formula is C26H32FN3O4Si. The Bertz CT molecular complexity index is 1140. The number of benzene rings is 2. The smallest absolute Gasteiger partial charge is 0.268 e. The van der Waals surface area contributed by atoms with Gasteiger partial charge in [0.1, 0.15) is 0 Å². The van der Waals surface area contributed by atoms with Crippen molar-refractivity contribution in [3.8, 4) is 0 Å². The monoisotopic (exact) mass is 497 g/mol. The van der Waals surface area contributed by atoms with E-state index in [1.54, 1.807) is 22.9 Å². The minimum Gasteiger partial charge on any atom is -0.396 e. The van der Waals surface area contributed by atoms with E-state index in [0.29, 0.717) is 35.7 Å². The number of piperazine rings is 1. The summed E-state index contributed by atoms with van der Waals surface area (Å²) in [5.74, 6) is -0.735. The summed E-state index contributed by atoms with van der Waals surface area (Å²) in [7, 11) is -3.27. The lowest BCUT2D eigenvalue weighted by atomic mass is 9.82. The highest BCUT2D eigenvalue weighted by Gasteiger charge is 2.66. The molecule has 2 aromatic rings. The van der Waals surface area contributed by atoms with Crippen LogP contribution in [0, 0.1) is 5.92 Å². The third kappa shape index (κ3) is 3.72. The number of aliphatic hydroxyl groups is 1. The number of amides is 2. The summed E-state index contributed by atoms with van der Waals surface area (Å²) in [5.41, 5.74) is 0.890. The number of anilines is 3. The molecule has 2 aromatic carbocycles. The van der Waals surface area contributed by atoms with Gasteiger partial charge in [-0.3, -0.25) is 14.5 Å². The van der Waals surface area contributed by atoms with Crippen molar-refractivity contribution in [3.63, 3.8) is 0 Å². The predicted octanol–water partition coefficient (Wildman–Crippen LogP) is 3.46. The van der Waals surface area contributed by atoms with E-state index in [0.717, 1.165) is 0 Å². The molecule has 35 heavy (non-hydrogen) atoms. The zero-order valence-electron chi connectivity index (χ0n) is 20.3. The molecule has 1 spiro atoms. The second-order valence-corrected chi connectivity index (χ2v) is 14.0. The first-order valence-corrected chi connectivity index (χ1v) is 15.2. The number of hydrogen-bond acceptors (Lipinski definition) is 5. The number of nitrogens with one attached hydrogen (secondary N) is 1. The SMILES string of the molecule is C[C@@H]1[C@@H]([Si](C)(C)F)[C@H](CCO)O[C@@]12C(=O)N(c1ccccc1)c1ccc(N3CCNCC3=O)cc12. The minimum atomic E-state index is -3.27. The van der Waals surface area contributed by atoms with Gasteiger partial charge in [-0.25, -0.2) is 0 Å². The van der Waals surface area contributed by atoms with Crippen molar-refractivity contribution in [3.05, 3.63) is 54.1 Å². The molecule has 3 aliphatic rings. The summed E-state index contributed by atoms with van der Waals surface area (Å²) in [6.07, 6.45) is -0.306. The molecule has 0 bridgehead atoms. The van der Waals surface area contributed by atoms with Crippen molar-refractivity contribution in [1.82, 2.24) is 5.32 Å². The van der Waals surface area contributed by atoms with Gasteiger partial charge >= 0.3 is 0 Å².